The van der Waals surface area contributed by atoms with Gasteiger partial charge in [-0.1, -0.05) is 24.6 Å². The zero-order valence-corrected chi connectivity index (χ0v) is 15.2. The first-order chi connectivity index (χ1) is 12.1. The van der Waals surface area contributed by atoms with E-state index in [2.05, 4.69) is 5.32 Å². The van der Waals surface area contributed by atoms with Crippen molar-refractivity contribution in [3.63, 3.8) is 0 Å². The number of nitrogens with one attached hydrogen (secondary N) is 1. The van der Waals surface area contributed by atoms with Crippen LogP contribution >= 0.6 is 0 Å². The predicted molar refractivity (Wildman–Crippen MR) is 95.3 cm³/mol. The van der Waals surface area contributed by atoms with Gasteiger partial charge in [-0.05, 0) is 62.0 Å². The second-order valence-corrected chi connectivity index (χ2v) is 9.66. The Morgan fingerprint density at radius 2 is 1.92 bits per heavy atom. The highest BCUT2D eigenvalue weighted by Gasteiger charge is 2.42. The Labute approximate surface area is 149 Å². The third-order valence-corrected chi connectivity index (χ3v) is 8.20. The topological polar surface area (TPSA) is 66.5 Å². The number of hydrogen-bond acceptors (Lipinski definition) is 3. The normalized spacial score (nSPS) is 32.2. The van der Waals surface area contributed by atoms with Crippen LogP contribution in [-0.4, -0.2) is 37.8 Å². The van der Waals surface area contributed by atoms with Gasteiger partial charge in [-0.3, -0.25) is 4.79 Å². The lowest BCUT2D eigenvalue weighted by Gasteiger charge is -2.26. The first-order valence-corrected chi connectivity index (χ1v) is 10.8. The van der Waals surface area contributed by atoms with Gasteiger partial charge in [0, 0.05) is 13.1 Å². The average Bonchev–Trinajstić information content (AvgIpc) is 3.36. The Balaban J connectivity index is 1.41. The van der Waals surface area contributed by atoms with Crippen molar-refractivity contribution < 1.29 is 13.2 Å². The summed E-state index contributed by atoms with van der Waals surface area (Å²) in [5.74, 6) is 2.08. The Morgan fingerprint density at radius 3 is 2.60 bits per heavy atom. The van der Waals surface area contributed by atoms with Crippen molar-refractivity contribution in [1.82, 2.24) is 9.62 Å². The summed E-state index contributed by atoms with van der Waals surface area (Å²) in [7, 11) is -3.61. The van der Waals surface area contributed by atoms with E-state index in [0.717, 1.165) is 18.3 Å². The molecular formula is C19H26N2O3S. The smallest absolute Gasteiger partial charge is 0.243 e. The molecule has 1 saturated heterocycles. The minimum absolute atomic E-state index is 0.125. The number of amides is 1. The highest BCUT2D eigenvalue weighted by atomic mass is 32.2. The highest BCUT2D eigenvalue weighted by Crippen LogP contribution is 2.47. The summed E-state index contributed by atoms with van der Waals surface area (Å²) in [5, 5.41) is 3.06. The van der Waals surface area contributed by atoms with E-state index in [0.29, 0.717) is 25.4 Å². The summed E-state index contributed by atoms with van der Waals surface area (Å²) in [6.45, 7) is 1.12. The summed E-state index contributed by atoms with van der Waals surface area (Å²) >= 11 is 0. The van der Waals surface area contributed by atoms with Gasteiger partial charge in [0.1, 0.15) is 6.04 Å². The van der Waals surface area contributed by atoms with Gasteiger partial charge in [0.2, 0.25) is 15.9 Å². The van der Waals surface area contributed by atoms with Gasteiger partial charge >= 0.3 is 0 Å². The lowest BCUT2D eigenvalue weighted by Crippen LogP contribution is -2.47. The summed E-state index contributed by atoms with van der Waals surface area (Å²) in [6, 6.07) is 7.85. The minimum Gasteiger partial charge on any atom is -0.354 e. The number of benzene rings is 1. The summed E-state index contributed by atoms with van der Waals surface area (Å²) in [6.07, 6.45) is 6.52. The molecular weight excluding hydrogens is 336 g/mol. The van der Waals surface area contributed by atoms with E-state index >= 15 is 0 Å². The molecule has 2 aliphatic carbocycles. The molecule has 6 heteroatoms. The van der Waals surface area contributed by atoms with Gasteiger partial charge in [0.25, 0.3) is 0 Å². The van der Waals surface area contributed by atoms with E-state index < -0.39 is 16.1 Å². The SMILES string of the molecule is O=C(NCC1CC2CCC1C2)C1CCCN1S(=O)(=O)c1ccccc1. The zero-order valence-electron chi connectivity index (χ0n) is 14.4. The van der Waals surface area contributed by atoms with Crippen LogP contribution in [0.15, 0.2) is 35.2 Å². The molecule has 1 aromatic carbocycles. The van der Waals surface area contributed by atoms with Crippen molar-refractivity contribution in [2.45, 2.75) is 49.5 Å². The fourth-order valence-corrected chi connectivity index (χ4v) is 6.67. The Kier molecular flexibility index (Phi) is 4.58. The average molecular weight is 362 g/mol. The van der Waals surface area contributed by atoms with Crippen LogP contribution in [0.1, 0.15) is 38.5 Å². The van der Waals surface area contributed by atoms with Crippen molar-refractivity contribution in [3.05, 3.63) is 30.3 Å². The van der Waals surface area contributed by atoms with Gasteiger partial charge in [0.15, 0.2) is 0 Å². The number of fused-ring (bicyclic) bond motifs is 2. The lowest BCUT2D eigenvalue weighted by atomic mass is 9.89. The molecule has 4 atom stereocenters. The Hall–Kier alpha value is -1.40. The van der Waals surface area contributed by atoms with Gasteiger partial charge in [-0.25, -0.2) is 8.42 Å². The second-order valence-electron chi connectivity index (χ2n) is 7.77. The van der Waals surface area contributed by atoms with Gasteiger partial charge in [0.05, 0.1) is 4.90 Å². The summed E-state index contributed by atoms with van der Waals surface area (Å²) in [5.41, 5.74) is 0. The van der Waals surface area contributed by atoms with Crippen LogP contribution in [0.4, 0.5) is 0 Å². The van der Waals surface area contributed by atoms with E-state index in [4.69, 9.17) is 0 Å². The second kappa shape index (κ2) is 6.72. The maximum absolute atomic E-state index is 12.9. The molecule has 4 unspecified atom stereocenters. The quantitative estimate of drug-likeness (QED) is 0.875. The highest BCUT2D eigenvalue weighted by molar-refractivity contribution is 7.89. The molecule has 0 radical (unpaired) electrons. The van der Waals surface area contributed by atoms with Gasteiger partial charge in [-0.15, -0.1) is 0 Å². The number of hydrogen-bond donors (Lipinski definition) is 1. The Morgan fingerprint density at radius 1 is 1.12 bits per heavy atom. The van der Waals surface area contributed by atoms with Crippen LogP contribution in [0.2, 0.25) is 0 Å². The molecule has 5 nitrogen and oxygen atoms in total. The van der Waals surface area contributed by atoms with Crippen molar-refractivity contribution >= 4 is 15.9 Å². The number of rotatable bonds is 5. The Bertz CT molecular complexity index is 734. The molecule has 1 N–H and O–H groups in total. The van der Waals surface area contributed by atoms with Gasteiger partial charge < -0.3 is 5.32 Å². The van der Waals surface area contributed by atoms with Crippen molar-refractivity contribution in [2.75, 3.05) is 13.1 Å². The maximum atomic E-state index is 12.9. The van der Waals surface area contributed by atoms with E-state index in [1.807, 2.05) is 0 Å². The molecule has 0 spiro atoms. The number of carbonyl (C=O) groups excluding carboxylic acids is 1. The van der Waals surface area contributed by atoms with Crippen LogP contribution in [-0.2, 0) is 14.8 Å². The molecule has 2 saturated carbocycles. The fraction of sp³-hybridized carbons (Fsp3) is 0.632. The monoisotopic (exact) mass is 362 g/mol. The summed E-state index contributed by atoms with van der Waals surface area (Å²) < 4.78 is 27.1. The molecule has 1 aromatic rings. The van der Waals surface area contributed by atoms with Crippen LogP contribution in [0.25, 0.3) is 0 Å². The maximum Gasteiger partial charge on any atom is 0.243 e. The molecule has 1 heterocycles. The first kappa shape index (κ1) is 17.0. The first-order valence-electron chi connectivity index (χ1n) is 9.40. The standard InChI is InChI=1S/C19H26N2O3S/c22-19(20-13-16-12-14-8-9-15(16)11-14)18-7-4-10-21(18)25(23,24)17-5-2-1-3-6-17/h1-3,5-6,14-16,18H,4,7-13H2,(H,20,22). The number of nitrogens with zero attached hydrogens (tertiary/aromatic N) is 1. The molecule has 3 aliphatic rings. The lowest BCUT2D eigenvalue weighted by molar-refractivity contribution is -0.124. The molecule has 1 amide bonds. The molecule has 136 valence electrons. The summed E-state index contributed by atoms with van der Waals surface area (Å²) in [4.78, 5) is 12.9. The molecule has 3 fully saturated rings. The largest absolute Gasteiger partial charge is 0.354 e. The third kappa shape index (κ3) is 3.22. The fourth-order valence-electron chi connectivity index (χ4n) is 4.99. The van der Waals surface area contributed by atoms with E-state index in [1.54, 1.807) is 30.3 Å². The molecule has 1 aliphatic heterocycles. The van der Waals surface area contributed by atoms with Crippen molar-refractivity contribution in [3.8, 4) is 0 Å². The number of sulfonamides is 1. The molecule has 25 heavy (non-hydrogen) atoms. The van der Waals surface area contributed by atoms with Crippen molar-refractivity contribution in [1.29, 1.82) is 0 Å². The van der Waals surface area contributed by atoms with Crippen LogP contribution < -0.4 is 5.32 Å². The van der Waals surface area contributed by atoms with Crippen LogP contribution in [0.5, 0.6) is 0 Å². The number of carbonyl (C=O) groups is 1. The third-order valence-electron chi connectivity index (χ3n) is 6.28. The molecule has 2 bridgehead atoms. The van der Waals surface area contributed by atoms with Crippen LogP contribution in [0.3, 0.4) is 0 Å². The molecule has 0 aromatic heterocycles. The van der Waals surface area contributed by atoms with E-state index in [-0.39, 0.29) is 10.8 Å². The minimum atomic E-state index is -3.61. The van der Waals surface area contributed by atoms with E-state index in [1.165, 1.54) is 30.0 Å². The van der Waals surface area contributed by atoms with Crippen molar-refractivity contribution in [2.24, 2.45) is 17.8 Å². The van der Waals surface area contributed by atoms with E-state index in [9.17, 15) is 13.2 Å². The van der Waals surface area contributed by atoms with Gasteiger partial charge in [-0.2, -0.15) is 4.31 Å². The molecule has 4 rings (SSSR count). The zero-order chi connectivity index (χ0) is 17.4. The predicted octanol–water partition coefficient (Wildman–Crippen LogP) is 2.39. The van der Waals surface area contributed by atoms with Crippen LogP contribution in [0, 0.1) is 17.8 Å².